The zero-order chi connectivity index (χ0) is 10.1. The predicted molar refractivity (Wildman–Crippen MR) is 54.7 cm³/mol. The molecule has 14 heavy (non-hydrogen) atoms. The van der Waals surface area contributed by atoms with Crippen LogP contribution in [0.2, 0.25) is 0 Å². The van der Waals surface area contributed by atoms with Crippen molar-refractivity contribution in [2.24, 2.45) is 0 Å². The van der Waals surface area contributed by atoms with Gasteiger partial charge in [-0.1, -0.05) is 12.5 Å². The topological polar surface area (TPSA) is 0 Å². The van der Waals surface area contributed by atoms with Crippen LogP contribution < -0.4 is 0 Å². The highest BCUT2D eigenvalue weighted by Crippen LogP contribution is 2.39. The van der Waals surface area contributed by atoms with Crippen molar-refractivity contribution in [2.45, 2.75) is 30.1 Å². The maximum atomic E-state index is 13.5. The first kappa shape index (κ1) is 9.97. The Hall–Kier alpha value is -0.570. The average molecular weight is 214 g/mol. The van der Waals surface area contributed by atoms with Crippen LogP contribution in [0.5, 0.6) is 0 Å². The zero-order valence-corrected chi connectivity index (χ0v) is 8.83. The van der Waals surface area contributed by atoms with Gasteiger partial charge in [0.15, 0.2) is 11.6 Å². The second-order valence-corrected chi connectivity index (χ2v) is 4.46. The molecule has 0 bridgehead atoms. The van der Waals surface area contributed by atoms with E-state index in [0.717, 1.165) is 19.3 Å². The van der Waals surface area contributed by atoms with E-state index < -0.39 is 11.6 Å². The number of halogens is 2. The first-order chi connectivity index (χ1) is 6.74. The lowest BCUT2D eigenvalue weighted by atomic mass is 9.80. The minimum Gasteiger partial charge on any atom is -0.203 e. The average Bonchev–Trinajstić information content (AvgIpc) is 2.10. The maximum Gasteiger partial charge on any atom is 0.172 e. The summed E-state index contributed by atoms with van der Waals surface area (Å²) in [4.78, 5) is 0.394. The fourth-order valence-electron chi connectivity index (χ4n) is 1.74. The van der Waals surface area contributed by atoms with Crippen molar-refractivity contribution in [1.29, 1.82) is 0 Å². The Kier molecular flexibility index (Phi) is 2.77. The highest BCUT2D eigenvalue weighted by atomic mass is 32.2. The molecule has 0 aliphatic heterocycles. The van der Waals surface area contributed by atoms with Crippen LogP contribution in [0.15, 0.2) is 17.0 Å². The smallest absolute Gasteiger partial charge is 0.172 e. The van der Waals surface area contributed by atoms with Gasteiger partial charge >= 0.3 is 0 Å². The molecule has 0 amide bonds. The largest absolute Gasteiger partial charge is 0.203 e. The summed E-state index contributed by atoms with van der Waals surface area (Å²) in [5, 5.41) is 0. The van der Waals surface area contributed by atoms with Gasteiger partial charge in [-0.15, -0.1) is 11.8 Å². The number of benzene rings is 1. The van der Waals surface area contributed by atoms with Gasteiger partial charge in [0.2, 0.25) is 0 Å². The van der Waals surface area contributed by atoms with E-state index in [0.29, 0.717) is 10.5 Å². The highest BCUT2D eigenvalue weighted by Gasteiger charge is 2.24. The molecule has 0 aromatic heterocycles. The Morgan fingerprint density at radius 3 is 2.43 bits per heavy atom. The lowest BCUT2D eigenvalue weighted by Gasteiger charge is -2.26. The Bertz CT molecular complexity index is 345. The fraction of sp³-hybridized carbons (Fsp3) is 0.455. The van der Waals surface area contributed by atoms with E-state index in [1.54, 1.807) is 18.4 Å². The van der Waals surface area contributed by atoms with Gasteiger partial charge in [-0.25, -0.2) is 8.78 Å². The predicted octanol–water partition coefficient (Wildman–Crippen LogP) is 3.95. The van der Waals surface area contributed by atoms with Gasteiger partial charge in [-0.05, 0) is 36.6 Å². The molecule has 2 rings (SSSR count). The monoisotopic (exact) mass is 214 g/mol. The van der Waals surface area contributed by atoms with Crippen molar-refractivity contribution in [1.82, 2.24) is 0 Å². The van der Waals surface area contributed by atoms with Gasteiger partial charge in [-0.3, -0.25) is 0 Å². The van der Waals surface area contributed by atoms with Crippen LogP contribution in [-0.4, -0.2) is 6.26 Å². The van der Waals surface area contributed by atoms with Crippen LogP contribution in [0.25, 0.3) is 0 Å². The van der Waals surface area contributed by atoms with Crippen LogP contribution in [0, 0.1) is 11.6 Å². The molecule has 1 aromatic rings. The van der Waals surface area contributed by atoms with Gasteiger partial charge in [0.05, 0.1) is 0 Å². The lowest BCUT2D eigenvalue weighted by Crippen LogP contribution is -2.11. The molecule has 0 atom stereocenters. The third kappa shape index (κ3) is 1.54. The molecule has 1 aromatic carbocycles. The van der Waals surface area contributed by atoms with E-state index in [1.165, 1.54) is 11.8 Å². The molecule has 0 heterocycles. The molecule has 0 radical (unpaired) electrons. The number of hydrogen-bond donors (Lipinski definition) is 0. The van der Waals surface area contributed by atoms with Crippen LogP contribution >= 0.6 is 11.8 Å². The SMILES string of the molecule is CSc1ccc(C2CCC2)c(F)c1F. The summed E-state index contributed by atoms with van der Waals surface area (Å²) in [5.74, 6) is -1.07. The van der Waals surface area contributed by atoms with Gasteiger partial charge in [0.1, 0.15) is 0 Å². The molecule has 0 N–H and O–H groups in total. The summed E-state index contributed by atoms with van der Waals surface area (Å²) >= 11 is 1.24. The summed E-state index contributed by atoms with van der Waals surface area (Å²) in [6.07, 6.45) is 4.88. The van der Waals surface area contributed by atoms with Crippen LogP contribution in [0.1, 0.15) is 30.7 Å². The molecule has 1 saturated carbocycles. The lowest BCUT2D eigenvalue weighted by molar-refractivity contribution is 0.390. The Morgan fingerprint density at radius 2 is 1.93 bits per heavy atom. The second-order valence-electron chi connectivity index (χ2n) is 3.61. The molecule has 3 heteroatoms. The van der Waals surface area contributed by atoms with E-state index >= 15 is 0 Å². The summed E-state index contributed by atoms with van der Waals surface area (Å²) in [6, 6.07) is 3.41. The molecule has 1 fully saturated rings. The van der Waals surface area contributed by atoms with Crippen LogP contribution in [-0.2, 0) is 0 Å². The maximum absolute atomic E-state index is 13.5. The Labute approximate surface area is 86.7 Å². The Morgan fingerprint density at radius 1 is 1.21 bits per heavy atom. The minimum atomic E-state index is -0.679. The molecule has 0 nitrogen and oxygen atoms in total. The van der Waals surface area contributed by atoms with Crippen molar-refractivity contribution in [3.8, 4) is 0 Å². The molecule has 1 aliphatic carbocycles. The van der Waals surface area contributed by atoms with Gasteiger partial charge in [0.25, 0.3) is 0 Å². The summed E-state index contributed by atoms with van der Waals surface area (Å²) in [6.45, 7) is 0. The number of thioether (sulfide) groups is 1. The summed E-state index contributed by atoms with van der Waals surface area (Å²) in [5.41, 5.74) is 0.562. The molecular formula is C11H12F2S. The third-order valence-electron chi connectivity index (χ3n) is 2.84. The fourth-order valence-corrected chi connectivity index (χ4v) is 2.21. The summed E-state index contributed by atoms with van der Waals surface area (Å²) < 4.78 is 26.9. The normalized spacial score (nSPS) is 16.8. The van der Waals surface area contributed by atoms with Gasteiger partial charge in [-0.2, -0.15) is 0 Å². The first-order valence-electron chi connectivity index (χ1n) is 4.76. The van der Waals surface area contributed by atoms with E-state index in [2.05, 4.69) is 0 Å². The standard InChI is InChI=1S/C11H12F2S/c1-14-9-6-5-8(7-3-2-4-7)10(12)11(9)13/h5-7H,2-4H2,1H3. The second kappa shape index (κ2) is 3.89. The highest BCUT2D eigenvalue weighted by molar-refractivity contribution is 7.98. The molecule has 1 aliphatic rings. The van der Waals surface area contributed by atoms with Crippen molar-refractivity contribution in [3.63, 3.8) is 0 Å². The summed E-state index contributed by atoms with van der Waals surface area (Å²) in [7, 11) is 0. The van der Waals surface area contributed by atoms with Crippen molar-refractivity contribution >= 4 is 11.8 Å². The zero-order valence-electron chi connectivity index (χ0n) is 8.02. The quantitative estimate of drug-likeness (QED) is 0.672. The van der Waals surface area contributed by atoms with E-state index in [4.69, 9.17) is 0 Å². The molecular weight excluding hydrogens is 202 g/mol. The van der Waals surface area contributed by atoms with E-state index in [9.17, 15) is 8.78 Å². The van der Waals surface area contributed by atoms with Crippen molar-refractivity contribution in [2.75, 3.05) is 6.26 Å². The number of rotatable bonds is 2. The molecule has 76 valence electrons. The van der Waals surface area contributed by atoms with Gasteiger partial charge in [0, 0.05) is 4.90 Å². The van der Waals surface area contributed by atoms with Crippen LogP contribution in [0.3, 0.4) is 0 Å². The van der Waals surface area contributed by atoms with Crippen molar-refractivity contribution < 1.29 is 8.78 Å². The molecule has 0 saturated heterocycles. The number of hydrogen-bond acceptors (Lipinski definition) is 1. The molecule has 0 spiro atoms. The molecule has 0 unspecified atom stereocenters. The van der Waals surface area contributed by atoms with Gasteiger partial charge < -0.3 is 0 Å². The Balaban J connectivity index is 2.38. The van der Waals surface area contributed by atoms with E-state index in [-0.39, 0.29) is 5.92 Å². The first-order valence-corrected chi connectivity index (χ1v) is 5.98. The van der Waals surface area contributed by atoms with Crippen molar-refractivity contribution in [3.05, 3.63) is 29.3 Å². The van der Waals surface area contributed by atoms with E-state index in [1.807, 2.05) is 0 Å². The third-order valence-corrected chi connectivity index (χ3v) is 3.60. The minimum absolute atomic E-state index is 0.250. The van der Waals surface area contributed by atoms with Crippen LogP contribution in [0.4, 0.5) is 8.78 Å².